The van der Waals surface area contributed by atoms with Crippen molar-refractivity contribution in [3.05, 3.63) is 60.2 Å². The van der Waals surface area contributed by atoms with Crippen molar-refractivity contribution in [2.45, 2.75) is 26.2 Å². The van der Waals surface area contributed by atoms with Gasteiger partial charge in [0, 0.05) is 31.3 Å². The first-order chi connectivity index (χ1) is 16.0. The van der Waals surface area contributed by atoms with E-state index in [2.05, 4.69) is 4.90 Å². The molecule has 0 saturated carbocycles. The number of hydrogen-bond donors (Lipinski definition) is 0. The molecule has 2 aromatic rings. The molecule has 0 aromatic heterocycles. The number of benzene rings is 2. The van der Waals surface area contributed by atoms with Crippen LogP contribution in [-0.4, -0.2) is 55.5 Å². The fourth-order valence-electron chi connectivity index (χ4n) is 4.45. The lowest BCUT2D eigenvalue weighted by atomic mass is 9.99. The predicted molar refractivity (Wildman–Crippen MR) is 124 cm³/mol. The van der Waals surface area contributed by atoms with Gasteiger partial charge in [0.2, 0.25) is 11.8 Å². The van der Waals surface area contributed by atoms with Crippen molar-refractivity contribution in [2.24, 2.45) is 11.8 Å². The Hall–Kier alpha value is -3.19. The van der Waals surface area contributed by atoms with Gasteiger partial charge < -0.3 is 9.47 Å². The Morgan fingerprint density at radius 1 is 1.06 bits per heavy atom. The van der Waals surface area contributed by atoms with E-state index in [0.29, 0.717) is 18.9 Å². The maximum Gasteiger partial charge on any atom is 0.340 e. The zero-order valence-electron chi connectivity index (χ0n) is 18.9. The SMILES string of the molecule is C[C@H]1CC(=O)N(c2ccccc2C(=O)OC[C@H]2CCCN(CCOc3ccccc3)C2)C1=O. The van der Waals surface area contributed by atoms with Gasteiger partial charge in [0.25, 0.3) is 0 Å². The highest BCUT2D eigenvalue weighted by molar-refractivity contribution is 6.22. The number of piperidine rings is 1. The fraction of sp³-hybridized carbons (Fsp3) is 0.423. The minimum absolute atomic E-state index is 0.161. The van der Waals surface area contributed by atoms with E-state index < -0.39 is 5.97 Å². The van der Waals surface area contributed by atoms with Gasteiger partial charge in [0.15, 0.2) is 0 Å². The molecule has 0 unspecified atom stereocenters. The van der Waals surface area contributed by atoms with Crippen molar-refractivity contribution in [1.82, 2.24) is 4.90 Å². The van der Waals surface area contributed by atoms with Crippen molar-refractivity contribution in [3.8, 4) is 5.75 Å². The summed E-state index contributed by atoms with van der Waals surface area (Å²) in [6, 6.07) is 16.4. The van der Waals surface area contributed by atoms with Crippen LogP contribution >= 0.6 is 0 Å². The molecule has 7 heteroatoms. The molecule has 2 heterocycles. The molecule has 2 amide bonds. The number of para-hydroxylation sites is 2. The zero-order valence-corrected chi connectivity index (χ0v) is 18.9. The Balaban J connectivity index is 1.30. The molecule has 2 fully saturated rings. The van der Waals surface area contributed by atoms with Crippen LogP contribution in [0.25, 0.3) is 0 Å². The third-order valence-corrected chi connectivity index (χ3v) is 6.21. The maximum absolute atomic E-state index is 12.9. The minimum Gasteiger partial charge on any atom is -0.492 e. The smallest absolute Gasteiger partial charge is 0.340 e. The van der Waals surface area contributed by atoms with Gasteiger partial charge in [-0.15, -0.1) is 0 Å². The standard InChI is InChI=1S/C26H30N2O5/c1-19-16-24(29)28(25(19)30)23-12-6-5-11-22(23)26(31)33-18-20-8-7-13-27(17-20)14-15-32-21-9-3-2-4-10-21/h2-6,9-12,19-20H,7-8,13-18H2,1H3/t19-,20-/m0/s1. The van der Waals surface area contributed by atoms with Crippen LogP contribution in [0.15, 0.2) is 54.6 Å². The highest BCUT2D eigenvalue weighted by atomic mass is 16.5. The van der Waals surface area contributed by atoms with E-state index in [1.807, 2.05) is 30.3 Å². The van der Waals surface area contributed by atoms with Crippen LogP contribution in [0.1, 0.15) is 36.5 Å². The number of amides is 2. The molecule has 0 aliphatic carbocycles. The first kappa shape index (κ1) is 23.0. The molecule has 174 valence electrons. The van der Waals surface area contributed by atoms with Gasteiger partial charge >= 0.3 is 5.97 Å². The first-order valence-electron chi connectivity index (χ1n) is 11.6. The summed E-state index contributed by atoms with van der Waals surface area (Å²) in [4.78, 5) is 41.1. The highest BCUT2D eigenvalue weighted by Gasteiger charge is 2.38. The normalized spacial score (nSPS) is 21.3. The number of rotatable bonds is 8. The third kappa shape index (κ3) is 5.60. The van der Waals surface area contributed by atoms with Crippen LogP contribution < -0.4 is 9.64 Å². The van der Waals surface area contributed by atoms with Gasteiger partial charge in [-0.05, 0) is 43.7 Å². The van der Waals surface area contributed by atoms with E-state index in [1.54, 1.807) is 31.2 Å². The number of hydrogen-bond acceptors (Lipinski definition) is 6. The number of nitrogens with zero attached hydrogens (tertiary/aromatic N) is 2. The average molecular weight is 451 g/mol. The van der Waals surface area contributed by atoms with E-state index in [-0.39, 0.29) is 35.6 Å². The summed E-state index contributed by atoms with van der Waals surface area (Å²) in [5, 5.41) is 0. The molecular formula is C26H30N2O5. The van der Waals surface area contributed by atoms with Crippen molar-refractivity contribution >= 4 is 23.5 Å². The molecule has 0 spiro atoms. The molecule has 2 saturated heterocycles. The van der Waals surface area contributed by atoms with Crippen LogP contribution in [0.4, 0.5) is 5.69 Å². The van der Waals surface area contributed by atoms with Crippen LogP contribution in [0.2, 0.25) is 0 Å². The monoisotopic (exact) mass is 450 g/mol. The van der Waals surface area contributed by atoms with E-state index >= 15 is 0 Å². The van der Waals surface area contributed by atoms with Crippen LogP contribution in [0, 0.1) is 11.8 Å². The lowest BCUT2D eigenvalue weighted by molar-refractivity contribution is -0.122. The first-order valence-corrected chi connectivity index (χ1v) is 11.6. The molecule has 4 rings (SSSR count). The predicted octanol–water partition coefficient (Wildman–Crippen LogP) is 3.53. The summed E-state index contributed by atoms with van der Waals surface area (Å²) in [6.45, 7) is 5.30. The van der Waals surface area contributed by atoms with Gasteiger partial charge in [0.1, 0.15) is 12.4 Å². The number of ether oxygens (including phenoxy) is 2. The van der Waals surface area contributed by atoms with Crippen LogP contribution in [0.3, 0.4) is 0 Å². The fourth-order valence-corrected chi connectivity index (χ4v) is 4.45. The van der Waals surface area contributed by atoms with E-state index in [9.17, 15) is 14.4 Å². The van der Waals surface area contributed by atoms with Crippen LogP contribution in [0.5, 0.6) is 5.75 Å². The molecule has 2 aliphatic rings. The molecule has 0 N–H and O–H groups in total. The van der Waals surface area contributed by atoms with Gasteiger partial charge in [-0.2, -0.15) is 0 Å². The molecule has 7 nitrogen and oxygen atoms in total. The second-order valence-corrected chi connectivity index (χ2v) is 8.76. The molecule has 2 aliphatic heterocycles. The van der Waals surface area contributed by atoms with Crippen LogP contribution in [-0.2, 0) is 14.3 Å². The van der Waals surface area contributed by atoms with E-state index in [0.717, 1.165) is 43.1 Å². The largest absolute Gasteiger partial charge is 0.492 e. The van der Waals surface area contributed by atoms with Crippen molar-refractivity contribution < 1.29 is 23.9 Å². The second-order valence-electron chi connectivity index (χ2n) is 8.76. The van der Waals surface area contributed by atoms with Gasteiger partial charge in [0.05, 0.1) is 17.9 Å². The maximum atomic E-state index is 12.9. The summed E-state index contributed by atoms with van der Waals surface area (Å²) < 4.78 is 11.4. The third-order valence-electron chi connectivity index (χ3n) is 6.21. The van der Waals surface area contributed by atoms with E-state index in [1.165, 1.54) is 0 Å². The molecule has 0 radical (unpaired) electrons. The molecule has 2 aromatic carbocycles. The number of carbonyl (C=O) groups is 3. The Morgan fingerprint density at radius 3 is 2.58 bits per heavy atom. The number of anilines is 1. The lowest BCUT2D eigenvalue weighted by Crippen LogP contribution is -2.39. The highest BCUT2D eigenvalue weighted by Crippen LogP contribution is 2.29. The number of imide groups is 1. The van der Waals surface area contributed by atoms with Crippen molar-refractivity contribution in [1.29, 1.82) is 0 Å². The Labute approximate surface area is 194 Å². The number of carbonyl (C=O) groups excluding carboxylic acids is 3. The Morgan fingerprint density at radius 2 is 1.82 bits per heavy atom. The van der Waals surface area contributed by atoms with Crippen molar-refractivity contribution in [3.63, 3.8) is 0 Å². The summed E-state index contributed by atoms with van der Waals surface area (Å²) in [6.07, 6.45) is 2.19. The van der Waals surface area contributed by atoms with Gasteiger partial charge in [-0.1, -0.05) is 37.3 Å². The summed E-state index contributed by atoms with van der Waals surface area (Å²) in [7, 11) is 0. The van der Waals surface area contributed by atoms with Gasteiger partial charge in [-0.3, -0.25) is 14.5 Å². The molecule has 33 heavy (non-hydrogen) atoms. The quantitative estimate of drug-likeness (QED) is 0.452. The average Bonchev–Trinajstić information content (AvgIpc) is 3.09. The summed E-state index contributed by atoms with van der Waals surface area (Å²) in [5.74, 6) is -0.338. The molecular weight excluding hydrogens is 420 g/mol. The molecule has 0 bridgehead atoms. The Bertz CT molecular complexity index is 993. The minimum atomic E-state index is -0.504. The zero-order chi connectivity index (χ0) is 23.2. The number of esters is 1. The van der Waals surface area contributed by atoms with E-state index in [4.69, 9.17) is 9.47 Å². The lowest BCUT2D eigenvalue weighted by Gasteiger charge is -2.32. The topological polar surface area (TPSA) is 76.2 Å². The second kappa shape index (κ2) is 10.6. The summed E-state index contributed by atoms with van der Waals surface area (Å²) in [5.41, 5.74) is 0.558. The summed E-state index contributed by atoms with van der Waals surface area (Å²) >= 11 is 0. The molecule has 2 atom stereocenters. The van der Waals surface area contributed by atoms with Crippen molar-refractivity contribution in [2.75, 3.05) is 37.7 Å². The van der Waals surface area contributed by atoms with Gasteiger partial charge in [-0.25, -0.2) is 9.69 Å². The number of likely N-dealkylation sites (tertiary alicyclic amines) is 1. The Kier molecular flexibility index (Phi) is 7.40.